The Morgan fingerprint density at radius 2 is 2.07 bits per heavy atom. The summed E-state index contributed by atoms with van der Waals surface area (Å²) in [5, 5.41) is 3.05. The average molecular weight is 423 g/mol. The first-order valence-corrected chi connectivity index (χ1v) is 9.92. The van der Waals surface area contributed by atoms with E-state index in [9.17, 15) is 9.59 Å². The molecule has 154 valence electrons. The third-order valence-electron chi connectivity index (χ3n) is 4.53. The molecule has 0 bridgehead atoms. The predicted molar refractivity (Wildman–Crippen MR) is 120 cm³/mol. The van der Waals surface area contributed by atoms with Crippen LogP contribution >= 0.6 is 12.1 Å². The standard InChI is InChI=1S/C22H21N3O4S/c1-5-15-11-17-13(2)18(10-14-7-6-8-16(9-14)25-30-24-4)21(26)28-20(17)12-19(15)29-22(27)23-3/h1,6-9,11-12,24-25H,10H2,2-4H3,(H,23,27). The number of carbonyl (C=O) groups is 1. The average Bonchev–Trinajstić information content (AvgIpc) is 2.75. The van der Waals surface area contributed by atoms with Crippen molar-refractivity contribution < 1.29 is 13.9 Å². The van der Waals surface area contributed by atoms with E-state index >= 15 is 0 Å². The van der Waals surface area contributed by atoms with Gasteiger partial charge in [-0.3, -0.25) is 0 Å². The number of ether oxygens (including phenoxy) is 1. The normalized spacial score (nSPS) is 10.5. The topological polar surface area (TPSA) is 92.6 Å². The third kappa shape index (κ3) is 4.59. The number of benzene rings is 2. The lowest BCUT2D eigenvalue weighted by Gasteiger charge is -2.12. The van der Waals surface area contributed by atoms with Gasteiger partial charge in [-0.1, -0.05) is 18.1 Å². The van der Waals surface area contributed by atoms with Gasteiger partial charge in [0, 0.05) is 48.3 Å². The Kier molecular flexibility index (Phi) is 6.67. The van der Waals surface area contributed by atoms with Crippen LogP contribution in [0.5, 0.6) is 5.75 Å². The minimum Gasteiger partial charge on any atom is -0.422 e. The molecule has 8 heteroatoms. The fourth-order valence-corrected chi connectivity index (χ4v) is 3.37. The number of rotatable bonds is 6. The van der Waals surface area contributed by atoms with Crippen molar-refractivity contribution in [2.45, 2.75) is 13.3 Å². The van der Waals surface area contributed by atoms with Gasteiger partial charge < -0.3 is 19.2 Å². The van der Waals surface area contributed by atoms with Crippen molar-refractivity contribution in [2.24, 2.45) is 0 Å². The highest BCUT2D eigenvalue weighted by Crippen LogP contribution is 2.29. The van der Waals surface area contributed by atoms with Gasteiger partial charge in [0.15, 0.2) is 5.75 Å². The fourth-order valence-electron chi connectivity index (χ4n) is 3.03. The van der Waals surface area contributed by atoms with Crippen LogP contribution in [0.1, 0.15) is 22.3 Å². The van der Waals surface area contributed by atoms with Crippen LogP contribution in [0.4, 0.5) is 10.5 Å². The summed E-state index contributed by atoms with van der Waals surface area (Å²) in [5.41, 5.74) is 3.45. The molecule has 0 saturated heterocycles. The SMILES string of the molecule is C#Cc1cc2c(C)c(Cc3cccc(NSNC)c3)c(=O)oc2cc1OC(=O)NC. The Hall–Kier alpha value is -3.41. The second-order valence-electron chi connectivity index (χ2n) is 6.41. The molecular weight excluding hydrogens is 402 g/mol. The number of terminal acetylenes is 1. The lowest BCUT2D eigenvalue weighted by Crippen LogP contribution is -2.22. The summed E-state index contributed by atoms with van der Waals surface area (Å²) < 4.78 is 16.8. The summed E-state index contributed by atoms with van der Waals surface area (Å²) in [6.07, 6.45) is 5.34. The Bertz CT molecular complexity index is 1200. The quantitative estimate of drug-likeness (QED) is 0.317. The van der Waals surface area contributed by atoms with Crippen LogP contribution in [-0.4, -0.2) is 20.2 Å². The van der Waals surface area contributed by atoms with E-state index in [-0.39, 0.29) is 5.75 Å². The van der Waals surface area contributed by atoms with E-state index < -0.39 is 11.7 Å². The Labute approximate surface area is 178 Å². The molecule has 2 aromatic carbocycles. The van der Waals surface area contributed by atoms with Gasteiger partial charge in [-0.05, 0) is 43.3 Å². The van der Waals surface area contributed by atoms with Crippen LogP contribution < -0.4 is 25.1 Å². The molecule has 30 heavy (non-hydrogen) atoms. The smallest absolute Gasteiger partial charge is 0.412 e. The van der Waals surface area contributed by atoms with Crippen molar-refractivity contribution in [3.05, 3.63) is 69.1 Å². The molecule has 0 aliphatic heterocycles. The van der Waals surface area contributed by atoms with Crippen LogP contribution in [0.25, 0.3) is 11.0 Å². The summed E-state index contributed by atoms with van der Waals surface area (Å²) >= 11 is 1.36. The Morgan fingerprint density at radius 3 is 2.77 bits per heavy atom. The van der Waals surface area contributed by atoms with Gasteiger partial charge in [0.1, 0.15) is 5.58 Å². The van der Waals surface area contributed by atoms with Gasteiger partial charge in [-0.25, -0.2) is 14.3 Å². The molecule has 0 unspecified atom stereocenters. The zero-order valence-corrected chi connectivity index (χ0v) is 17.6. The molecule has 0 aliphatic rings. The Balaban J connectivity index is 2.03. The highest BCUT2D eigenvalue weighted by atomic mass is 32.2. The molecule has 0 radical (unpaired) electrons. The fraction of sp³-hybridized carbons (Fsp3) is 0.182. The molecule has 3 aromatic rings. The maximum Gasteiger partial charge on any atom is 0.412 e. The largest absolute Gasteiger partial charge is 0.422 e. The van der Waals surface area contributed by atoms with E-state index in [1.165, 1.54) is 25.2 Å². The zero-order chi connectivity index (χ0) is 21.7. The molecule has 0 spiro atoms. The summed E-state index contributed by atoms with van der Waals surface area (Å²) in [6.45, 7) is 1.85. The van der Waals surface area contributed by atoms with E-state index in [1.807, 2.05) is 38.2 Å². The number of amides is 1. The number of carbonyl (C=O) groups excluding carboxylic acids is 1. The highest BCUT2D eigenvalue weighted by Gasteiger charge is 2.16. The van der Waals surface area contributed by atoms with Gasteiger partial charge >= 0.3 is 11.7 Å². The molecule has 3 rings (SSSR count). The molecule has 0 atom stereocenters. The highest BCUT2D eigenvalue weighted by molar-refractivity contribution is 7.98. The maximum atomic E-state index is 12.7. The molecule has 1 heterocycles. The van der Waals surface area contributed by atoms with Crippen molar-refractivity contribution in [1.82, 2.24) is 10.0 Å². The van der Waals surface area contributed by atoms with Crippen molar-refractivity contribution in [3.63, 3.8) is 0 Å². The first-order chi connectivity index (χ1) is 14.5. The predicted octanol–water partition coefficient (Wildman–Crippen LogP) is 3.59. The molecule has 3 N–H and O–H groups in total. The second kappa shape index (κ2) is 9.39. The third-order valence-corrected chi connectivity index (χ3v) is 5.07. The zero-order valence-electron chi connectivity index (χ0n) is 16.8. The van der Waals surface area contributed by atoms with E-state index in [4.69, 9.17) is 15.6 Å². The number of hydrogen-bond donors (Lipinski definition) is 3. The monoisotopic (exact) mass is 423 g/mol. The van der Waals surface area contributed by atoms with E-state index in [0.717, 1.165) is 16.8 Å². The number of aryl methyl sites for hydroxylation is 1. The lowest BCUT2D eigenvalue weighted by atomic mass is 9.98. The van der Waals surface area contributed by atoms with Crippen molar-refractivity contribution in [3.8, 4) is 18.1 Å². The number of hydrogen-bond acceptors (Lipinski definition) is 7. The summed E-state index contributed by atoms with van der Waals surface area (Å²) in [4.78, 5) is 24.3. The van der Waals surface area contributed by atoms with E-state index in [0.29, 0.717) is 28.5 Å². The van der Waals surface area contributed by atoms with Crippen LogP contribution in [0, 0.1) is 19.3 Å². The number of fused-ring (bicyclic) bond motifs is 1. The minimum atomic E-state index is -0.661. The first kappa shape index (κ1) is 21.3. The van der Waals surface area contributed by atoms with Gasteiger partial charge in [0.2, 0.25) is 0 Å². The van der Waals surface area contributed by atoms with Gasteiger partial charge in [0.05, 0.1) is 5.56 Å². The van der Waals surface area contributed by atoms with Crippen molar-refractivity contribution in [1.29, 1.82) is 0 Å². The van der Waals surface area contributed by atoms with Gasteiger partial charge in [-0.2, -0.15) is 0 Å². The number of nitrogens with one attached hydrogen (secondary N) is 3. The van der Waals surface area contributed by atoms with Crippen LogP contribution in [0.3, 0.4) is 0 Å². The second-order valence-corrected chi connectivity index (χ2v) is 7.22. The van der Waals surface area contributed by atoms with Gasteiger partial charge in [0.25, 0.3) is 0 Å². The molecule has 7 nitrogen and oxygen atoms in total. The van der Waals surface area contributed by atoms with Gasteiger partial charge in [-0.15, -0.1) is 6.42 Å². The summed E-state index contributed by atoms with van der Waals surface area (Å²) in [7, 11) is 3.26. The summed E-state index contributed by atoms with van der Waals surface area (Å²) in [5.74, 6) is 2.67. The van der Waals surface area contributed by atoms with Crippen molar-refractivity contribution >= 4 is 34.9 Å². The molecular formula is C22H21N3O4S. The van der Waals surface area contributed by atoms with Crippen LogP contribution in [0.2, 0.25) is 0 Å². The lowest BCUT2D eigenvalue weighted by molar-refractivity contribution is 0.203. The Morgan fingerprint density at radius 1 is 1.27 bits per heavy atom. The molecule has 1 amide bonds. The molecule has 0 fully saturated rings. The van der Waals surface area contributed by atoms with Crippen molar-refractivity contribution in [2.75, 3.05) is 18.8 Å². The summed E-state index contributed by atoms with van der Waals surface area (Å²) in [6, 6.07) is 10.9. The molecule has 0 aliphatic carbocycles. The molecule has 1 aromatic heterocycles. The minimum absolute atomic E-state index is 0.153. The van der Waals surface area contributed by atoms with E-state index in [1.54, 1.807) is 6.07 Å². The number of anilines is 1. The molecule has 0 saturated carbocycles. The van der Waals surface area contributed by atoms with E-state index in [2.05, 4.69) is 20.7 Å². The van der Waals surface area contributed by atoms with Crippen LogP contribution in [0.15, 0.2) is 45.6 Å². The van der Waals surface area contributed by atoms with Crippen LogP contribution in [-0.2, 0) is 6.42 Å². The first-order valence-electron chi connectivity index (χ1n) is 9.10. The maximum absolute atomic E-state index is 12.7.